The molecule has 1 aliphatic rings. The summed E-state index contributed by atoms with van der Waals surface area (Å²) in [4.78, 5) is 23.6. The predicted molar refractivity (Wildman–Crippen MR) is 60.7 cm³/mol. The average Bonchev–Trinajstić information content (AvgIpc) is 2.51. The molecule has 0 heterocycles. The molecular weight excluding hydrogens is 258 g/mol. The van der Waals surface area contributed by atoms with E-state index in [-0.39, 0.29) is 11.6 Å². The van der Waals surface area contributed by atoms with E-state index in [4.69, 9.17) is 0 Å². The number of hydrogen-bond donors (Lipinski definition) is 1. The molecule has 78 valence electrons. The topological polar surface area (TPSA) is 46.2 Å². The lowest BCUT2D eigenvalue weighted by Crippen LogP contribution is -2.39. The number of carbonyl (C=O) groups excluding carboxylic acids is 2. The van der Waals surface area contributed by atoms with Crippen LogP contribution in [0.2, 0.25) is 0 Å². The van der Waals surface area contributed by atoms with Crippen molar-refractivity contribution in [1.82, 2.24) is 5.32 Å². The summed E-state index contributed by atoms with van der Waals surface area (Å²) in [7, 11) is 0. The Bertz CT molecular complexity index is 382. The minimum absolute atomic E-state index is 0.114. The molecule has 1 N–H and O–H groups in total. The summed E-state index contributed by atoms with van der Waals surface area (Å²) in [5.41, 5.74) is 1.07. The molecular formula is C11H10BrNO2. The molecule has 0 unspecified atom stereocenters. The fourth-order valence-corrected chi connectivity index (χ4v) is 1.96. The molecule has 0 amide bonds. The highest BCUT2D eigenvalue weighted by atomic mass is 79.9. The van der Waals surface area contributed by atoms with Gasteiger partial charge in [-0.1, -0.05) is 40.2 Å². The number of hydrogen-bond acceptors (Lipinski definition) is 3. The third-order valence-electron chi connectivity index (χ3n) is 2.43. The number of carbonyl (C=O) groups is 2. The van der Waals surface area contributed by atoms with Crippen LogP contribution in [0.5, 0.6) is 0 Å². The summed E-state index contributed by atoms with van der Waals surface area (Å²) in [5, 5.41) is 3.65. The maximum absolute atomic E-state index is 11.8. The summed E-state index contributed by atoms with van der Waals surface area (Å²) in [6.45, 7) is 0.607. The molecule has 4 heteroatoms. The lowest BCUT2D eigenvalue weighted by atomic mass is 10.1. The summed E-state index contributed by atoms with van der Waals surface area (Å²) in [5.74, 6) is -0.229. The molecule has 0 aliphatic heterocycles. The van der Waals surface area contributed by atoms with Gasteiger partial charge < -0.3 is 0 Å². The fourth-order valence-electron chi connectivity index (χ4n) is 1.73. The first-order valence-electron chi connectivity index (χ1n) is 4.72. The third kappa shape index (κ3) is 1.75. The van der Waals surface area contributed by atoms with Crippen LogP contribution in [-0.2, 0) is 0 Å². The van der Waals surface area contributed by atoms with Crippen LogP contribution in [0.3, 0.4) is 0 Å². The van der Waals surface area contributed by atoms with Crippen molar-refractivity contribution in [2.45, 2.75) is 6.04 Å². The molecule has 2 rings (SSSR count). The Balaban J connectivity index is 2.29. The van der Waals surface area contributed by atoms with Gasteiger partial charge in [0.2, 0.25) is 0 Å². The van der Waals surface area contributed by atoms with E-state index < -0.39 is 6.04 Å². The van der Waals surface area contributed by atoms with Crippen molar-refractivity contribution < 1.29 is 9.59 Å². The number of fused-ring (bicyclic) bond motifs is 1. The first-order chi connectivity index (χ1) is 7.25. The third-order valence-corrected chi connectivity index (χ3v) is 2.82. The zero-order valence-electron chi connectivity index (χ0n) is 8.00. The minimum Gasteiger partial charge on any atom is -0.300 e. The minimum atomic E-state index is -0.681. The van der Waals surface area contributed by atoms with Crippen LogP contribution in [0, 0.1) is 0 Å². The molecule has 0 aromatic heterocycles. The van der Waals surface area contributed by atoms with Crippen molar-refractivity contribution in [1.29, 1.82) is 0 Å². The van der Waals surface area contributed by atoms with Crippen LogP contribution in [-0.4, -0.2) is 29.5 Å². The van der Waals surface area contributed by atoms with E-state index in [2.05, 4.69) is 21.2 Å². The van der Waals surface area contributed by atoms with Gasteiger partial charge in [-0.2, -0.15) is 0 Å². The van der Waals surface area contributed by atoms with Gasteiger partial charge >= 0.3 is 0 Å². The van der Waals surface area contributed by atoms with Gasteiger partial charge in [-0.15, -0.1) is 0 Å². The molecule has 0 spiro atoms. The lowest BCUT2D eigenvalue weighted by Gasteiger charge is -2.07. The van der Waals surface area contributed by atoms with Crippen LogP contribution in [0.1, 0.15) is 20.7 Å². The average molecular weight is 268 g/mol. The highest BCUT2D eigenvalue weighted by molar-refractivity contribution is 9.09. The normalized spacial score (nSPS) is 15.8. The Morgan fingerprint density at radius 1 is 1.13 bits per heavy atom. The predicted octanol–water partition coefficient (Wildman–Crippen LogP) is 1.42. The van der Waals surface area contributed by atoms with E-state index >= 15 is 0 Å². The molecule has 1 aliphatic carbocycles. The summed E-state index contributed by atoms with van der Waals surface area (Å²) in [6, 6.07) is 6.27. The van der Waals surface area contributed by atoms with Gasteiger partial charge in [0, 0.05) is 23.0 Å². The van der Waals surface area contributed by atoms with Crippen molar-refractivity contribution >= 4 is 27.5 Å². The number of ketones is 2. The smallest absolute Gasteiger partial charge is 0.188 e. The van der Waals surface area contributed by atoms with Crippen LogP contribution >= 0.6 is 15.9 Å². The molecule has 1 aromatic carbocycles. The number of halogens is 1. The summed E-state index contributed by atoms with van der Waals surface area (Å²) in [6.07, 6.45) is 0. The van der Waals surface area contributed by atoms with Crippen molar-refractivity contribution in [3.8, 4) is 0 Å². The van der Waals surface area contributed by atoms with E-state index in [9.17, 15) is 9.59 Å². The first kappa shape index (κ1) is 10.5. The Kier molecular flexibility index (Phi) is 2.98. The molecule has 0 atom stereocenters. The van der Waals surface area contributed by atoms with Crippen molar-refractivity contribution in [2.75, 3.05) is 11.9 Å². The summed E-state index contributed by atoms with van der Waals surface area (Å²) >= 11 is 3.25. The first-order valence-corrected chi connectivity index (χ1v) is 5.84. The molecule has 0 radical (unpaired) electrons. The highest BCUT2D eigenvalue weighted by Crippen LogP contribution is 2.21. The number of benzene rings is 1. The van der Waals surface area contributed by atoms with Crippen LogP contribution in [0.4, 0.5) is 0 Å². The number of nitrogens with one attached hydrogen (secondary N) is 1. The summed E-state index contributed by atoms with van der Waals surface area (Å²) < 4.78 is 0. The van der Waals surface area contributed by atoms with Gasteiger partial charge in [0.15, 0.2) is 11.6 Å². The van der Waals surface area contributed by atoms with Crippen molar-refractivity contribution in [3.63, 3.8) is 0 Å². The van der Waals surface area contributed by atoms with Crippen LogP contribution < -0.4 is 5.32 Å². The molecule has 1 aromatic rings. The van der Waals surface area contributed by atoms with Gasteiger partial charge in [-0.25, -0.2) is 0 Å². The Morgan fingerprint density at radius 3 is 2.13 bits per heavy atom. The second-order valence-corrected chi connectivity index (χ2v) is 4.14. The van der Waals surface area contributed by atoms with Crippen molar-refractivity contribution in [3.05, 3.63) is 35.4 Å². The molecule has 3 nitrogen and oxygen atoms in total. The van der Waals surface area contributed by atoms with E-state index in [0.717, 1.165) is 5.33 Å². The fraction of sp³-hybridized carbons (Fsp3) is 0.273. The molecule has 0 saturated heterocycles. The van der Waals surface area contributed by atoms with Gasteiger partial charge in [0.05, 0.1) is 0 Å². The van der Waals surface area contributed by atoms with Crippen LogP contribution in [0.25, 0.3) is 0 Å². The van der Waals surface area contributed by atoms with E-state index in [1.807, 2.05) is 0 Å². The van der Waals surface area contributed by atoms with Gasteiger partial charge in [0.1, 0.15) is 6.04 Å². The number of rotatable bonds is 3. The van der Waals surface area contributed by atoms with Gasteiger partial charge in [-0.05, 0) is 0 Å². The standard InChI is InChI=1S/C11H10BrNO2/c12-5-6-13-9-10(14)7-3-1-2-4-8(7)11(9)15/h1-4,9,13H,5-6H2. The molecule has 0 bridgehead atoms. The maximum Gasteiger partial charge on any atom is 0.188 e. The highest BCUT2D eigenvalue weighted by Gasteiger charge is 2.37. The van der Waals surface area contributed by atoms with E-state index in [1.54, 1.807) is 24.3 Å². The van der Waals surface area contributed by atoms with Gasteiger partial charge in [-0.3, -0.25) is 14.9 Å². The molecule has 0 fully saturated rings. The zero-order chi connectivity index (χ0) is 10.8. The van der Waals surface area contributed by atoms with Crippen LogP contribution in [0.15, 0.2) is 24.3 Å². The van der Waals surface area contributed by atoms with E-state index in [0.29, 0.717) is 17.7 Å². The van der Waals surface area contributed by atoms with E-state index in [1.165, 1.54) is 0 Å². The SMILES string of the molecule is O=C1c2ccccc2C(=O)C1NCCBr. The molecule has 15 heavy (non-hydrogen) atoms. The van der Waals surface area contributed by atoms with Gasteiger partial charge in [0.25, 0.3) is 0 Å². The zero-order valence-corrected chi connectivity index (χ0v) is 9.58. The maximum atomic E-state index is 11.8. The quantitative estimate of drug-likeness (QED) is 0.666. The lowest BCUT2D eigenvalue weighted by molar-refractivity contribution is 0.0870. The molecule has 0 saturated carbocycles. The number of Topliss-reactive ketones (excluding diaryl/α,β-unsaturated/α-hetero) is 2. The van der Waals surface area contributed by atoms with Crippen molar-refractivity contribution in [2.24, 2.45) is 0 Å². The number of alkyl halides is 1. The monoisotopic (exact) mass is 267 g/mol. The Morgan fingerprint density at radius 2 is 1.67 bits per heavy atom. The Hall–Kier alpha value is -1.00. The second kappa shape index (κ2) is 4.24. The largest absolute Gasteiger partial charge is 0.300 e. The Labute approximate surface area is 96.0 Å². The second-order valence-electron chi connectivity index (χ2n) is 3.35.